The quantitative estimate of drug-likeness (QED) is 0.462. The summed E-state index contributed by atoms with van der Waals surface area (Å²) in [5, 5.41) is 15.8. The Balaban J connectivity index is 1.38. The third-order valence-corrected chi connectivity index (χ3v) is 5.34. The van der Waals surface area contributed by atoms with Crippen LogP contribution in [0, 0.1) is 0 Å². The minimum Gasteiger partial charge on any atom is -0.378 e. The molecule has 0 aliphatic carbocycles. The molecule has 5 rings (SSSR count). The lowest BCUT2D eigenvalue weighted by molar-refractivity contribution is 0.122. The maximum atomic E-state index is 12.1. The second-order valence-electron chi connectivity index (χ2n) is 6.60. The Labute approximate surface area is 175 Å². The van der Waals surface area contributed by atoms with Gasteiger partial charge in [0.05, 0.1) is 24.8 Å². The van der Waals surface area contributed by atoms with Crippen molar-refractivity contribution in [3.8, 4) is 11.4 Å². The summed E-state index contributed by atoms with van der Waals surface area (Å²) in [4.78, 5) is 27.7. The number of aromatic nitrogens is 5. The lowest BCUT2D eigenvalue weighted by Gasteiger charge is -2.28. The highest BCUT2D eigenvalue weighted by atomic mass is 32.1. The summed E-state index contributed by atoms with van der Waals surface area (Å²) in [5.41, 5.74) is 2.18. The lowest BCUT2D eigenvalue weighted by atomic mass is 10.2. The van der Waals surface area contributed by atoms with Gasteiger partial charge in [-0.25, -0.2) is 19.7 Å². The van der Waals surface area contributed by atoms with Crippen molar-refractivity contribution < 1.29 is 9.53 Å². The van der Waals surface area contributed by atoms with E-state index < -0.39 is 0 Å². The molecule has 1 saturated heterocycles. The summed E-state index contributed by atoms with van der Waals surface area (Å²) < 4.78 is 5.46. The van der Waals surface area contributed by atoms with E-state index in [-0.39, 0.29) is 6.03 Å². The molecule has 1 aromatic carbocycles. The zero-order valence-electron chi connectivity index (χ0n) is 15.8. The van der Waals surface area contributed by atoms with Crippen molar-refractivity contribution in [2.45, 2.75) is 0 Å². The second-order valence-corrected chi connectivity index (χ2v) is 7.49. The number of ether oxygens (including phenoxy) is 1. The van der Waals surface area contributed by atoms with Gasteiger partial charge in [-0.1, -0.05) is 0 Å². The third-order valence-electron chi connectivity index (χ3n) is 4.65. The predicted molar refractivity (Wildman–Crippen MR) is 115 cm³/mol. The number of aromatic amines is 1. The molecule has 0 atom stereocenters. The molecule has 0 spiro atoms. The van der Waals surface area contributed by atoms with Crippen LogP contribution in [0.5, 0.6) is 0 Å². The molecule has 30 heavy (non-hydrogen) atoms. The highest BCUT2D eigenvalue weighted by molar-refractivity contribution is 7.13. The van der Waals surface area contributed by atoms with Gasteiger partial charge in [-0.2, -0.15) is 5.10 Å². The number of carbonyl (C=O) groups excluding carboxylic acids is 1. The molecule has 2 amide bonds. The molecule has 1 aliphatic heterocycles. The van der Waals surface area contributed by atoms with Crippen LogP contribution in [0.15, 0.2) is 42.0 Å². The molecule has 11 heteroatoms. The largest absolute Gasteiger partial charge is 0.378 e. The molecule has 10 nitrogen and oxygen atoms in total. The van der Waals surface area contributed by atoms with Crippen LogP contribution in [0.2, 0.25) is 0 Å². The third kappa shape index (κ3) is 3.80. The summed E-state index contributed by atoms with van der Waals surface area (Å²) in [6, 6.07) is 7.03. The number of urea groups is 1. The number of carbonyl (C=O) groups is 1. The van der Waals surface area contributed by atoms with Gasteiger partial charge in [0.25, 0.3) is 0 Å². The zero-order chi connectivity index (χ0) is 20.3. The van der Waals surface area contributed by atoms with Crippen LogP contribution in [0.1, 0.15) is 0 Å². The van der Waals surface area contributed by atoms with Crippen molar-refractivity contribution in [2.24, 2.45) is 0 Å². The molecule has 0 radical (unpaired) electrons. The van der Waals surface area contributed by atoms with Crippen molar-refractivity contribution in [1.29, 1.82) is 0 Å². The van der Waals surface area contributed by atoms with Crippen molar-refractivity contribution in [3.05, 3.63) is 42.0 Å². The van der Waals surface area contributed by atoms with Gasteiger partial charge in [0, 0.05) is 35.9 Å². The molecule has 1 fully saturated rings. The minimum absolute atomic E-state index is 0.345. The number of anilines is 3. The number of morpholine rings is 1. The maximum absolute atomic E-state index is 12.1. The maximum Gasteiger partial charge on any atom is 0.325 e. The van der Waals surface area contributed by atoms with E-state index in [1.165, 1.54) is 11.3 Å². The molecule has 3 N–H and O–H groups in total. The molecule has 0 unspecified atom stereocenters. The van der Waals surface area contributed by atoms with Crippen LogP contribution in [-0.4, -0.2) is 57.5 Å². The fraction of sp³-hybridized carbons (Fsp3) is 0.211. The average molecular weight is 422 g/mol. The van der Waals surface area contributed by atoms with E-state index in [1.807, 2.05) is 24.3 Å². The SMILES string of the molecule is O=C(Nc1ccc(-c2nc(N3CCOCC3)c3cn[nH]c3n2)cc1)Nc1nccs1. The van der Waals surface area contributed by atoms with Crippen LogP contribution in [0.4, 0.5) is 21.4 Å². The molecule has 1 aliphatic rings. The van der Waals surface area contributed by atoms with Gasteiger partial charge in [-0.15, -0.1) is 11.3 Å². The predicted octanol–water partition coefficient (Wildman–Crippen LogP) is 2.96. The van der Waals surface area contributed by atoms with Crippen molar-refractivity contribution in [2.75, 3.05) is 41.8 Å². The summed E-state index contributed by atoms with van der Waals surface area (Å²) in [7, 11) is 0. The standard InChI is InChI=1S/C19H18N8O2S/c28-18(25-19-20-5-10-30-19)22-13-3-1-12(2-4-13)15-23-16-14(11-21-26-16)17(24-15)27-6-8-29-9-7-27/h1-5,10-11H,6-9H2,(H2,20,22,25,28)(H,21,23,24,26). The number of hydrogen-bond donors (Lipinski definition) is 3. The van der Waals surface area contributed by atoms with Gasteiger partial charge in [0.2, 0.25) is 0 Å². The van der Waals surface area contributed by atoms with Crippen molar-refractivity contribution in [3.63, 3.8) is 0 Å². The fourth-order valence-corrected chi connectivity index (χ4v) is 3.74. The molecule has 4 aromatic rings. The molecule has 3 aromatic heterocycles. The molecule has 152 valence electrons. The van der Waals surface area contributed by atoms with Gasteiger partial charge < -0.3 is 15.0 Å². The Morgan fingerprint density at radius 1 is 1.13 bits per heavy atom. The van der Waals surface area contributed by atoms with Gasteiger partial charge in [-0.3, -0.25) is 10.4 Å². The fourth-order valence-electron chi connectivity index (χ4n) is 3.21. The first kappa shape index (κ1) is 18.5. The second kappa shape index (κ2) is 8.05. The number of nitrogens with zero attached hydrogens (tertiary/aromatic N) is 5. The number of fused-ring (bicyclic) bond motifs is 1. The average Bonchev–Trinajstić information content (AvgIpc) is 3.46. The smallest absolute Gasteiger partial charge is 0.325 e. The number of thiazole rings is 1. The molecular formula is C19H18N8O2S. The number of nitrogens with one attached hydrogen (secondary N) is 3. The summed E-state index contributed by atoms with van der Waals surface area (Å²) in [6.07, 6.45) is 3.38. The number of H-pyrrole nitrogens is 1. The monoisotopic (exact) mass is 422 g/mol. The normalized spacial score (nSPS) is 14.1. The first-order chi connectivity index (χ1) is 14.8. The zero-order valence-corrected chi connectivity index (χ0v) is 16.6. The summed E-state index contributed by atoms with van der Waals surface area (Å²) >= 11 is 1.36. The number of hydrogen-bond acceptors (Lipinski definition) is 8. The van der Waals surface area contributed by atoms with Crippen LogP contribution in [-0.2, 0) is 4.74 Å². The molecular weight excluding hydrogens is 404 g/mol. The molecule has 0 saturated carbocycles. The van der Waals surface area contributed by atoms with Crippen LogP contribution in [0.25, 0.3) is 22.4 Å². The highest BCUT2D eigenvalue weighted by Crippen LogP contribution is 2.27. The van der Waals surface area contributed by atoms with Gasteiger partial charge in [0.1, 0.15) is 5.82 Å². The van der Waals surface area contributed by atoms with Gasteiger partial charge in [-0.05, 0) is 24.3 Å². The van der Waals surface area contributed by atoms with Gasteiger partial charge in [0.15, 0.2) is 16.6 Å². The Hall–Kier alpha value is -3.57. The van der Waals surface area contributed by atoms with Crippen molar-refractivity contribution >= 4 is 45.0 Å². The molecule has 4 heterocycles. The number of benzene rings is 1. The van der Waals surface area contributed by atoms with E-state index in [4.69, 9.17) is 9.72 Å². The van der Waals surface area contributed by atoms with E-state index in [0.29, 0.717) is 35.5 Å². The number of amides is 2. The first-order valence-corrected chi connectivity index (χ1v) is 10.3. The van der Waals surface area contributed by atoms with Crippen LogP contribution < -0.4 is 15.5 Å². The Morgan fingerprint density at radius 3 is 2.73 bits per heavy atom. The topological polar surface area (TPSA) is 121 Å². The Bertz CT molecular complexity index is 1150. The van der Waals surface area contributed by atoms with E-state index >= 15 is 0 Å². The Morgan fingerprint density at radius 2 is 1.97 bits per heavy atom. The van der Waals surface area contributed by atoms with E-state index in [2.05, 4.69) is 35.7 Å². The first-order valence-electron chi connectivity index (χ1n) is 9.38. The van der Waals surface area contributed by atoms with E-state index in [9.17, 15) is 4.79 Å². The number of rotatable bonds is 4. The lowest BCUT2D eigenvalue weighted by Crippen LogP contribution is -2.37. The molecule has 0 bridgehead atoms. The summed E-state index contributed by atoms with van der Waals surface area (Å²) in [5.74, 6) is 1.43. The van der Waals surface area contributed by atoms with Crippen LogP contribution >= 0.6 is 11.3 Å². The minimum atomic E-state index is -0.345. The summed E-state index contributed by atoms with van der Waals surface area (Å²) in [6.45, 7) is 2.88. The van der Waals surface area contributed by atoms with E-state index in [1.54, 1.807) is 17.8 Å². The van der Waals surface area contributed by atoms with E-state index in [0.717, 1.165) is 29.9 Å². The van der Waals surface area contributed by atoms with Crippen molar-refractivity contribution in [1.82, 2.24) is 25.1 Å². The highest BCUT2D eigenvalue weighted by Gasteiger charge is 2.19. The van der Waals surface area contributed by atoms with Crippen LogP contribution in [0.3, 0.4) is 0 Å². The van der Waals surface area contributed by atoms with Gasteiger partial charge >= 0.3 is 6.03 Å². The Kier molecular flexibility index (Phi) is 4.95.